The van der Waals surface area contributed by atoms with Gasteiger partial charge in [-0.1, -0.05) is 31.2 Å². The van der Waals surface area contributed by atoms with E-state index in [1.807, 2.05) is 11.3 Å². The molecule has 0 aliphatic rings. The van der Waals surface area contributed by atoms with Crippen molar-refractivity contribution in [3.05, 3.63) is 57.3 Å². The highest BCUT2D eigenvalue weighted by Crippen LogP contribution is 2.27. The molecule has 102 valence electrons. The highest BCUT2D eigenvalue weighted by Gasteiger charge is 2.14. The van der Waals surface area contributed by atoms with Gasteiger partial charge in [-0.3, -0.25) is 0 Å². The number of thiophene rings is 1. The first kappa shape index (κ1) is 14.3. The molecule has 1 heterocycles. The number of aryl methyl sites for hydroxylation is 3. The molecule has 0 aliphatic carbocycles. The van der Waals surface area contributed by atoms with E-state index in [9.17, 15) is 0 Å². The first-order valence-corrected chi connectivity index (χ1v) is 7.92. The highest BCUT2D eigenvalue weighted by molar-refractivity contribution is 7.10. The Bertz CT molecular complexity index is 515. The molecule has 0 saturated heterocycles. The quantitative estimate of drug-likeness (QED) is 0.808. The minimum atomic E-state index is 0.490. The molecule has 1 unspecified atom stereocenters. The summed E-state index contributed by atoms with van der Waals surface area (Å²) < 4.78 is 0. The van der Waals surface area contributed by atoms with Crippen LogP contribution in [0.1, 0.15) is 41.0 Å². The van der Waals surface area contributed by atoms with E-state index >= 15 is 0 Å². The number of hydrogen-bond donors (Lipinski definition) is 1. The Morgan fingerprint density at radius 1 is 1.11 bits per heavy atom. The van der Waals surface area contributed by atoms with E-state index in [1.165, 1.54) is 28.0 Å². The fourth-order valence-electron chi connectivity index (χ4n) is 2.50. The predicted octanol–water partition coefficient (Wildman–Crippen LogP) is 4.65. The van der Waals surface area contributed by atoms with Gasteiger partial charge in [-0.05, 0) is 61.4 Å². The lowest BCUT2D eigenvalue weighted by Crippen LogP contribution is -2.21. The Labute approximate surface area is 120 Å². The third-order valence-electron chi connectivity index (χ3n) is 3.63. The molecule has 1 nitrogen and oxygen atoms in total. The maximum Gasteiger partial charge on any atom is 0.0420 e. The van der Waals surface area contributed by atoms with Crippen molar-refractivity contribution in [3.8, 4) is 0 Å². The minimum Gasteiger partial charge on any atom is -0.310 e. The summed E-state index contributed by atoms with van der Waals surface area (Å²) >= 11 is 1.87. The Kier molecular flexibility index (Phi) is 5.17. The minimum absolute atomic E-state index is 0.490. The third kappa shape index (κ3) is 3.68. The molecule has 2 heteroatoms. The number of benzene rings is 1. The summed E-state index contributed by atoms with van der Waals surface area (Å²) in [6.07, 6.45) is 2.31. The van der Waals surface area contributed by atoms with Crippen LogP contribution in [0.25, 0.3) is 0 Å². The third-order valence-corrected chi connectivity index (χ3v) is 4.76. The fourth-order valence-corrected chi connectivity index (χ4v) is 3.54. The summed E-state index contributed by atoms with van der Waals surface area (Å²) in [6, 6.07) is 11.4. The molecule has 1 aromatic carbocycles. The van der Waals surface area contributed by atoms with Crippen molar-refractivity contribution in [2.75, 3.05) is 6.54 Å². The van der Waals surface area contributed by atoms with E-state index in [1.54, 1.807) is 0 Å². The molecule has 0 aliphatic heterocycles. The van der Waals surface area contributed by atoms with Crippen molar-refractivity contribution in [1.29, 1.82) is 0 Å². The molecular formula is C17H23NS. The van der Waals surface area contributed by atoms with Crippen molar-refractivity contribution in [2.45, 2.75) is 39.7 Å². The average Bonchev–Trinajstić information content (AvgIpc) is 2.82. The van der Waals surface area contributed by atoms with Crippen LogP contribution in [-0.4, -0.2) is 6.54 Å². The summed E-state index contributed by atoms with van der Waals surface area (Å²) in [5.41, 5.74) is 4.29. The molecule has 1 N–H and O–H groups in total. The topological polar surface area (TPSA) is 12.0 Å². The molecule has 0 amide bonds. The maximum absolute atomic E-state index is 3.63. The monoisotopic (exact) mass is 273 g/mol. The summed E-state index contributed by atoms with van der Waals surface area (Å²) in [5.74, 6) is 0. The standard InChI is InChI=1S/C17H23NS/c1-4-18-16(17-14(3)11-12-19-17)10-9-15-8-6-5-7-13(15)2/h5-8,11-12,16,18H,4,9-10H2,1-3H3. The van der Waals surface area contributed by atoms with Gasteiger partial charge in [0.05, 0.1) is 0 Å². The summed E-state index contributed by atoms with van der Waals surface area (Å²) in [7, 11) is 0. The Morgan fingerprint density at radius 2 is 1.89 bits per heavy atom. The highest BCUT2D eigenvalue weighted by atomic mass is 32.1. The summed E-state index contributed by atoms with van der Waals surface area (Å²) in [4.78, 5) is 1.50. The molecule has 19 heavy (non-hydrogen) atoms. The van der Waals surface area contributed by atoms with E-state index in [-0.39, 0.29) is 0 Å². The van der Waals surface area contributed by atoms with Gasteiger partial charge < -0.3 is 5.32 Å². The lowest BCUT2D eigenvalue weighted by atomic mass is 9.99. The van der Waals surface area contributed by atoms with E-state index in [0.29, 0.717) is 6.04 Å². The number of nitrogens with one attached hydrogen (secondary N) is 1. The van der Waals surface area contributed by atoms with Crippen molar-refractivity contribution in [3.63, 3.8) is 0 Å². The normalized spacial score (nSPS) is 12.6. The Balaban J connectivity index is 2.06. The summed E-state index contributed by atoms with van der Waals surface area (Å²) in [6.45, 7) is 7.62. The van der Waals surface area contributed by atoms with E-state index in [0.717, 1.165) is 13.0 Å². The van der Waals surface area contributed by atoms with Gasteiger partial charge in [0.2, 0.25) is 0 Å². The number of rotatable bonds is 6. The van der Waals surface area contributed by atoms with Gasteiger partial charge in [-0.25, -0.2) is 0 Å². The molecular weight excluding hydrogens is 250 g/mol. The zero-order valence-corrected chi connectivity index (χ0v) is 12.9. The van der Waals surface area contributed by atoms with Gasteiger partial charge in [0.25, 0.3) is 0 Å². The van der Waals surface area contributed by atoms with Crippen LogP contribution in [0.5, 0.6) is 0 Å². The largest absolute Gasteiger partial charge is 0.310 e. The molecule has 0 bridgehead atoms. The molecule has 0 spiro atoms. The van der Waals surface area contributed by atoms with Crippen LogP contribution in [0.2, 0.25) is 0 Å². The van der Waals surface area contributed by atoms with Gasteiger partial charge in [-0.15, -0.1) is 11.3 Å². The van der Waals surface area contributed by atoms with Crippen LogP contribution >= 0.6 is 11.3 Å². The Hall–Kier alpha value is -1.12. The van der Waals surface area contributed by atoms with Crippen LogP contribution < -0.4 is 5.32 Å². The molecule has 0 radical (unpaired) electrons. The molecule has 1 aromatic heterocycles. The van der Waals surface area contributed by atoms with Crippen LogP contribution in [0.3, 0.4) is 0 Å². The molecule has 2 rings (SSSR count). The van der Waals surface area contributed by atoms with Crippen LogP contribution in [0, 0.1) is 13.8 Å². The fraction of sp³-hybridized carbons (Fsp3) is 0.412. The second-order valence-corrected chi connectivity index (χ2v) is 5.99. The maximum atomic E-state index is 3.63. The van der Waals surface area contributed by atoms with Gasteiger partial charge in [-0.2, -0.15) is 0 Å². The van der Waals surface area contributed by atoms with Crippen molar-refractivity contribution in [1.82, 2.24) is 5.32 Å². The van der Waals surface area contributed by atoms with Gasteiger partial charge in [0, 0.05) is 10.9 Å². The van der Waals surface area contributed by atoms with E-state index in [4.69, 9.17) is 0 Å². The molecule has 0 saturated carbocycles. The smallest absolute Gasteiger partial charge is 0.0420 e. The number of hydrogen-bond acceptors (Lipinski definition) is 2. The van der Waals surface area contributed by atoms with Gasteiger partial charge >= 0.3 is 0 Å². The lowest BCUT2D eigenvalue weighted by molar-refractivity contribution is 0.520. The SMILES string of the molecule is CCNC(CCc1ccccc1C)c1sccc1C. The van der Waals surface area contributed by atoms with Crippen LogP contribution in [0.4, 0.5) is 0 Å². The average molecular weight is 273 g/mol. The van der Waals surface area contributed by atoms with Crippen molar-refractivity contribution >= 4 is 11.3 Å². The first-order valence-electron chi connectivity index (χ1n) is 7.04. The second-order valence-electron chi connectivity index (χ2n) is 5.04. The van der Waals surface area contributed by atoms with Gasteiger partial charge in [0.15, 0.2) is 0 Å². The van der Waals surface area contributed by atoms with Crippen LogP contribution in [-0.2, 0) is 6.42 Å². The first-order chi connectivity index (χ1) is 9.22. The van der Waals surface area contributed by atoms with Crippen molar-refractivity contribution < 1.29 is 0 Å². The predicted molar refractivity (Wildman–Crippen MR) is 85.0 cm³/mol. The summed E-state index contributed by atoms with van der Waals surface area (Å²) in [5, 5.41) is 5.82. The van der Waals surface area contributed by atoms with Gasteiger partial charge in [0.1, 0.15) is 0 Å². The van der Waals surface area contributed by atoms with Crippen LogP contribution in [0.15, 0.2) is 35.7 Å². The molecule has 2 aromatic rings. The van der Waals surface area contributed by atoms with E-state index < -0.39 is 0 Å². The van der Waals surface area contributed by atoms with Crippen molar-refractivity contribution in [2.24, 2.45) is 0 Å². The Morgan fingerprint density at radius 3 is 2.53 bits per heavy atom. The zero-order chi connectivity index (χ0) is 13.7. The van der Waals surface area contributed by atoms with E-state index in [2.05, 4.69) is 61.8 Å². The molecule has 1 atom stereocenters. The molecule has 0 fully saturated rings. The second kappa shape index (κ2) is 6.88. The zero-order valence-electron chi connectivity index (χ0n) is 12.1. The lowest BCUT2D eigenvalue weighted by Gasteiger charge is -2.18.